The Morgan fingerprint density at radius 3 is 2.90 bits per heavy atom. The van der Waals surface area contributed by atoms with Gasteiger partial charge in [-0.3, -0.25) is 4.99 Å². The van der Waals surface area contributed by atoms with Crippen molar-refractivity contribution in [2.24, 2.45) is 16.1 Å². The average molecular weight is 268 g/mol. The van der Waals surface area contributed by atoms with E-state index in [2.05, 4.69) is 34.6 Å². The van der Waals surface area contributed by atoms with Gasteiger partial charge in [0.1, 0.15) is 0 Å². The molecule has 0 atom stereocenters. The third kappa shape index (κ3) is 2.77. The van der Waals surface area contributed by atoms with Crippen LogP contribution in [0.3, 0.4) is 0 Å². The maximum Gasteiger partial charge on any atom is 0.193 e. The van der Waals surface area contributed by atoms with Gasteiger partial charge in [-0.2, -0.15) is 5.26 Å². The van der Waals surface area contributed by atoms with Crippen molar-refractivity contribution in [1.82, 2.24) is 0 Å². The van der Waals surface area contributed by atoms with Crippen LogP contribution in [0.5, 0.6) is 0 Å². The molecule has 4 heteroatoms. The Bertz CT molecular complexity index is 579. The highest BCUT2D eigenvalue weighted by Crippen LogP contribution is 2.48. The first-order valence-corrected chi connectivity index (χ1v) is 7.27. The Hall–Kier alpha value is -2.02. The van der Waals surface area contributed by atoms with E-state index in [9.17, 15) is 0 Å². The zero-order chi connectivity index (χ0) is 14.0. The summed E-state index contributed by atoms with van der Waals surface area (Å²) in [6.45, 7) is 0.657. The smallest absolute Gasteiger partial charge is 0.193 e. The molecule has 1 fully saturated rings. The van der Waals surface area contributed by atoms with Crippen LogP contribution in [-0.2, 0) is 12.8 Å². The number of hydrogen-bond acceptors (Lipinski definition) is 2. The van der Waals surface area contributed by atoms with Crippen LogP contribution in [0.4, 0.5) is 5.69 Å². The van der Waals surface area contributed by atoms with E-state index in [1.807, 2.05) is 0 Å². The molecule has 2 aliphatic carbocycles. The molecule has 0 spiro atoms. The van der Waals surface area contributed by atoms with Crippen molar-refractivity contribution >= 4 is 11.6 Å². The van der Waals surface area contributed by atoms with Gasteiger partial charge in [0.05, 0.1) is 6.07 Å². The van der Waals surface area contributed by atoms with Crippen LogP contribution in [0.2, 0.25) is 0 Å². The Kier molecular flexibility index (Phi) is 3.35. The van der Waals surface area contributed by atoms with Crippen LogP contribution in [0, 0.1) is 16.7 Å². The highest BCUT2D eigenvalue weighted by Gasteiger charge is 2.42. The van der Waals surface area contributed by atoms with Crippen molar-refractivity contribution in [3.05, 3.63) is 29.3 Å². The fourth-order valence-electron chi connectivity index (χ4n) is 2.83. The molecule has 0 bridgehead atoms. The van der Waals surface area contributed by atoms with E-state index >= 15 is 0 Å². The number of nitrogens with zero attached hydrogens (tertiary/aromatic N) is 2. The molecule has 0 aliphatic heterocycles. The number of nitrogens with one attached hydrogen (secondary N) is 1. The number of anilines is 1. The molecule has 0 saturated heterocycles. The molecule has 0 aromatic heterocycles. The Morgan fingerprint density at radius 1 is 1.35 bits per heavy atom. The molecule has 0 heterocycles. The minimum atomic E-state index is 0.110. The van der Waals surface area contributed by atoms with E-state index < -0.39 is 0 Å². The molecule has 104 valence electrons. The van der Waals surface area contributed by atoms with Gasteiger partial charge in [0.2, 0.25) is 0 Å². The lowest BCUT2D eigenvalue weighted by molar-refractivity contribution is 0.540. The van der Waals surface area contributed by atoms with E-state index in [-0.39, 0.29) is 5.41 Å². The molecule has 0 unspecified atom stereocenters. The van der Waals surface area contributed by atoms with Gasteiger partial charge in [0, 0.05) is 24.1 Å². The number of hydrogen-bond donors (Lipinski definition) is 2. The molecule has 1 aromatic carbocycles. The van der Waals surface area contributed by atoms with Crippen LogP contribution < -0.4 is 11.1 Å². The largest absolute Gasteiger partial charge is 0.370 e. The van der Waals surface area contributed by atoms with Gasteiger partial charge in [-0.1, -0.05) is 6.07 Å². The van der Waals surface area contributed by atoms with Gasteiger partial charge in [0.15, 0.2) is 5.96 Å². The Morgan fingerprint density at radius 2 is 2.15 bits per heavy atom. The van der Waals surface area contributed by atoms with Gasteiger partial charge in [0.25, 0.3) is 0 Å². The first-order valence-electron chi connectivity index (χ1n) is 7.27. The zero-order valence-corrected chi connectivity index (χ0v) is 11.7. The summed E-state index contributed by atoms with van der Waals surface area (Å²) in [6.07, 6.45) is 6.37. The molecule has 4 nitrogen and oxygen atoms in total. The molecular formula is C16H20N4. The number of aliphatic imine (C=N–C) groups is 1. The summed E-state index contributed by atoms with van der Waals surface area (Å²) in [5.41, 5.74) is 9.94. The summed E-state index contributed by atoms with van der Waals surface area (Å²) in [5, 5.41) is 11.9. The van der Waals surface area contributed by atoms with Crippen molar-refractivity contribution in [2.75, 3.05) is 11.9 Å². The maximum absolute atomic E-state index is 8.79. The van der Waals surface area contributed by atoms with Gasteiger partial charge < -0.3 is 11.1 Å². The second-order valence-electron chi connectivity index (χ2n) is 6.00. The molecule has 3 rings (SSSR count). The zero-order valence-electron chi connectivity index (χ0n) is 11.7. The maximum atomic E-state index is 8.79. The quantitative estimate of drug-likeness (QED) is 0.651. The lowest BCUT2D eigenvalue weighted by Gasteiger charge is -2.10. The van der Waals surface area contributed by atoms with Crippen molar-refractivity contribution in [2.45, 2.75) is 38.5 Å². The number of fused-ring (bicyclic) bond motifs is 1. The number of nitriles is 1. The molecule has 3 N–H and O–H groups in total. The molecule has 1 aromatic rings. The second-order valence-corrected chi connectivity index (χ2v) is 6.00. The number of benzene rings is 1. The summed E-state index contributed by atoms with van der Waals surface area (Å²) in [4.78, 5) is 4.40. The van der Waals surface area contributed by atoms with Crippen LogP contribution in [0.15, 0.2) is 23.2 Å². The standard InChI is InChI=1S/C16H20N4/c17-9-8-16(6-7-16)11-19-15(18)20-14-5-4-12-2-1-3-13(12)10-14/h4-5,10H,1-3,6-8,11H2,(H3,18,19,20). The molecule has 0 amide bonds. The van der Waals surface area contributed by atoms with Crippen molar-refractivity contribution in [3.8, 4) is 6.07 Å². The Labute approximate surface area is 119 Å². The number of aryl methyl sites for hydroxylation is 2. The molecule has 2 aliphatic rings. The molecule has 0 radical (unpaired) electrons. The molecular weight excluding hydrogens is 248 g/mol. The Balaban J connectivity index is 1.61. The minimum absolute atomic E-state index is 0.110. The van der Waals surface area contributed by atoms with Crippen molar-refractivity contribution < 1.29 is 0 Å². The van der Waals surface area contributed by atoms with Gasteiger partial charge in [-0.15, -0.1) is 0 Å². The lowest BCUT2D eigenvalue weighted by atomic mass is 10.0. The third-order valence-corrected chi connectivity index (χ3v) is 4.37. The number of nitrogens with two attached hydrogens (primary N) is 1. The van der Waals surface area contributed by atoms with E-state index in [4.69, 9.17) is 11.0 Å². The average Bonchev–Trinajstić information content (AvgIpc) is 3.04. The summed E-state index contributed by atoms with van der Waals surface area (Å²) in [7, 11) is 0. The number of rotatable bonds is 4. The highest BCUT2D eigenvalue weighted by atomic mass is 15.1. The first-order chi connectivity index (χ1) is 9.71. The molecule has 20 heavy (non-hydrogen) atoms. The third-order valence-electron chi connectivity index (χ3n) is 4.37. The van der Waals surface area contributed by atoms with E-state index in [0.29, 0.717) is 18.9 Å². The normalized spacial score (nSPS) is 19.2. The van der Waals surface area contributed by atoms with Crippen LogP contribution in [0.25, 0.3) is 0 Å². The summed E-state index contributed by atoms with van der Waals surface area (Å²) in [6, 6.07) is 8.66. The predicted molar refractivity (Wildman–Crippen MR) is 80.5 cm³/mol. The van der Waals surface area contributed by atoms with Gasteiger partial charge >= 0.3 is 0 Å². The van der Waals surface area contributed by atoms with Crippen molar-refractivity contribution in [1.29, 1.82) is 5.26 Å². The summed E-state index contributed by atoms with van der Waals surface area (Å²) >= 11 is 0. The van der Waals surface area contributed by atoms with Crippen LogP contribution in [0.1, 0.15) is 36.8 Å². The summed E-state index contributed by atoms with van der Waals surface area (Å²) in [5.74, 6) is 0.451. The minimum Gasteiger partial charge on any atom is -0.370 e. The van der Waals surface area contributed by atoms with Crippen molar-refractivity contribution in [3.63, 3.8) is 0 Å². The van der Waals surface area contributed by atoms with E-state index in [1.54, 1.807) is 0 Å². The second kappa shape index (κ2) is 5.16. The first kappa shape index (κ1) is 13.0. The predicted octanol–water partition coefficient (Wildman–Crippen LogP) is 2.60. The highest BCUT2D eigenvalue weighted by molar-refractivity contribution is 5.92. The lowest BCUT2D eigenvalue weighted by Crippen LogP contribution is -2.24. The van der Waals surface area contributed by atoms with Crippen LogP contribution >= 0.6 is 0 Å². The van der Waals surface area contributed by atoms with Gasteiger partial charge in [-0.05, 0) is 55.4 Å². The van der Waals surface area contributed by atoms with E-state index in [0.717, 1.165) is 24.9 Å². The SMILES string of the molecule is N#CCC1(CN=C(N)Nc2ccc3c(c2)CCC3)CC1. The van der Waals surface area contributed by atoms with Gasteiger partial charge in [-0.25, -0.2) is 0 Å². The fourth-order valence-corrected chi connectivity index (χ4v) is 2.83. The topological polar surface area (TPSA) is 74.2 Å². The summed E-state index contributed by atoms with van der Waals surface area (Å²) < 4.78 is 0. The monoisotopic (exact) mass is 268 g/mol. The molecule has 1 saturated carbocycles. The number of guanidine groups is 1. The van der Waals surface area contributed by atoms with Crippen LogP contribution in [-0.4, -0.2) is 12.5 Å². The van der Waals surface area contributed by atoms with E-state index in [1.165, 1.54) is 24.0 Å². The fraction of sp³-hybridized carbons (Fsp3) is 0.500.